The maximum Gasteiger partial charge on any atom is 0.270 e. The van der Waals surface area contributed by atoms with E-state index in [1.807, 2.05) is 13.0 Å². The number of aromatic nitrogens is 2. The van der Waals surface area contributed by atoms with Crippen molar-refractivity contribution in [3.05, 3.63) is 58.4 Å². The number of hydrogen-bond donors (Lipinski definition) is 2. The second kappa shape index (κ2) is 8.84. The van der Waals surface area contributed by atoms with Gasteiger partial charge in [0.15, 0.2) is 0 Å². The lowest BCUT2D eigenvalue weighted by atomic mass is 9.80. The van der Waals surface area contributed by atoms with Crippen molar-refractivity contribution in [2.75, 3.05) is 18.9 Å². The number of rotatable bonds is 5. The topological polar surface area (TPSA) is 122 Å². The van der Waals surface area contributed by atoms with Gasteiger partial charge < -0.3 is 20.1 Å². The van der Waals surface area contributed by atoms with Crippen LogP contribution in [0.1, 0.15) is 47.3 Å². The lowest BCUT2D eigenvalue weighted by Gasteiger charge is -2.32. The quantitative estimate of drug-likeness (QED) is 0.520. The Morgan fingerprint density at radius 3 is 2.84 bits per heavy atom. The van der Waals surface area contributed by atoms with Crippen molar-refractivity contribution in [1.29, 1.82) is 5.26 Å². The third kappa shape index (κ3) is 3.91. The Hall–Kier alpha value is -3.90. The largest absolute Gasteiger partial charge is 0.335 e. The minimum Gasteiger partial charge on any atom is -0.335 e. The fourth-order valence-electron chi connectivity index (χ4n) is 5.86. The summed E-state index contributed by atoms with van der Waals surface area (Å²) in [5, 5.41) is 14.2. The highest BCUT2D eigenvalue weighted by atomic mass is 35.5. The number of aryl methyl sites for hydroxylation is 1. The molecule has 1 aliphatic carbocycles. The van der Waals surface area contributed by atoms with Gasteiger partial charge in [0.25, 0.3) is 5.91 Å². The number of likely N-dealkylation sites (tertiary alicyclic amines) is 1. The maximum atomic E-state index is 14.1. The van der Waals surface area contributed by atoms with Crippen LogP contribution in [0.3, 0.4) is 0 Å². The molecule has 3 aliphatic rings. The summed E-state index contributed by atoms with van der Waals surface area (Å²) in [6.07, 6.45) is 4.42. The molecule has 38 heavy (non-hydrogen) atoms. The molecular formula is C28H27ClN6O3. The lowest BCUT2D eigenvalue weighted by Crippen LogP contribution is -2.51. The van der Waals surface area contributed by atoms with Crippen molar-refractivity contribution in [2.24, 2.45) is 5.92 Å². The summed E-state index contributed by atoms with van der Waals surface area (Å²) in [7, 11) is 1.63. The fourth-order valence-corrected chi connectivity index (χ4v) is 6.03. The normalized spacial score (nSPS) is 22.8. The van der Waals surface area contributed by atoms with Gasteiger partial charge in [-0.2, -0.15) is 5.26 Å². The highest BCUT2D eigenvalue weighted by Crippen LogP contribution is 2.47. The van der Waals surface area contributed by atoms with Crippen LogP contribution in [-0.4, -0.2) is 63.2 Å². The molecule has 6 rings (SSSR count). The number of H-pyrrole nitrogens is 1. The molecule has 3 aromatic rings. The smallest absolute Gasteiger partial charge is 0.270 e. The standard InChI is InChI=1S/C28H27ClN6O3/c1-15-7-17-9-22(32-24(17)31-13-15)25(36)34(2)23(8-16-3-4-16)26(37)35-14-28(11-19(35)12-30)20-10-18(29)5-6-21(20)33-27(28)38/h5-7,9-10,13,16,19,23H,3-4,8,11,14H2,1-2H3,(H,31,32)(H,33,38)/t19-,23-,28-/m0/s1. The van der Waals surface area contributed by atoms with Gasteiger partial charge in [-0.25, -0.2) is 4.98 Å². The number of nitrogens with zero attached hydrogens (tertiary/aromatic N) is 4. The minimum atomic E-state index is -1.05. The number of pyridine rings is 1. The molecule has 0 radical (unpaired) electrons. The maximum absolute atomic E-state index is 14.1. The minimum absolute atomic E-state index is 0.0576. The van der Waals surface area contributed by atoms with Gasteiger partial charge in [0, 0.05) is 42.3 Å². The van der Waals surface area contributed by atoms with Crippen LogP contribution in [0.25, 0.3) is 11.0 Å². The molecular weight excluding hydrogens is 504 g/mol. The van der Waals surface area contributed by atoms with Crippen LogP contribution in [0.2, 0.25) is 5.02 Å². The number of likely N-dealkylation sites (N-methyl/N-ethyl adjacent to an activating group) is 1. The second-order valence-electron chi connectivity index (χ2n) is 10.8. The average molecular weight is 531 g/mol. The van der Waals surface area contributed by atoms with E-state index < -0.39 is 17.5 Å². The number of fused-ring (bicyclic) bond motifs is 3. The molecule has 1 spiro atoms. The average Bonchev–Trinajstić information content (AvgIpc) is 3.39. The van der Waals surface area contributed by atoms with Gasteiger partial charge in [-0.3, -0.25) is 14.4 Å². The summed E-state index contributed by atoms with van der Waals surface area (Å²) in [4.78, 5) is 51.3. The highest BCUT2D eigenvalue weighted by Gasteiger charge is 2.57. The second-order valence-corrected chi connectivity index (χ2v) is 11.2. The molecule has 1 saturated heterocycles. The number of carbonyl (C=O) groups excluding carboxylic acids is 3. The molecule has 1 saturated carbocycles. The summed E-state index contributed by atoms with van der Waals surface area (Å²) >= 11 is 6.25. The molecule has 2 N–H and O–H groups in total. The first kappa shape index (κ1) is 24.4. The third-order valence-electron chi connectivity index (χ3n) is 8.13. The van der Waals surface area contributed by atoms with E-state index in [2.05, 4.69) is 21.4 Å². The monoisotopic (exact) mass is 530 g/mol. The zero-order chi connectivity index (χ0) is 26.8. The number of halogens is 1. The Balaban J connectivity index is 1.31. The van der Waals surface area contributed by atoms with Gasteiger partial charge in [-0.1, -0.05) is 24.4 Å². The van der Waals surface area contributed by atoms with Gasteiger partial charge >= 0.3 is 0 Å². The molecule has 4 heterocycles. The van der Waals surface area contributed by atoms with Crippen LogP contribution in [0.4, 0.5) is 5.69 Å². The third-order valence-corrected chi connectivity index (χ3v) is 8.37. The Labute approximate surface area is 224 Å². The molecule has 3 amide bonds. The van der Waals surface area contributed by atoms with E-state index in [-0.39, 0.29) is 30.7 Å². The summed E-state index contributed by atoms with van der Waals surface area (Å²) in [6, 6.07) is 9.55. The number of amides is 3. The fraction of sp³-hybridized carbons (Fsp3) is 0.393. The van der Waals surface area contributed by atoms with E-state index in [0.29, 0.717) is 40.0 Å². The first-order chi connectivity index (χ1) is 18.2. The van der Waals surface area contributed by atoms with Crippen molar-refractivity contribution in [3.63, 3.8) is 0 Å². The number of nitriles is 1. The van der Waals surface area contributed by atoms with E-state index in [0.717, 1.165) is 23.8 Å². The van der Waals surface area contributed by atoms with Crippen molar-refractivity contribution in [3.8, 4) is 6.07 Å². The summed E-state index contributed by atoms with van der Waals surface area (Å²) in [6.45, 7) is 1.99. The lowest BCUT2D eigenvalue weighted by molar-refractivity contribution is -0.136. The summed E-state index contributed by atoms with van der Waals surface area (Å²) in [5.74, 6) is -0.533. The van der Waals surface area contributed by atoms with Crippen LogP contribution in [0, 0.1) is 24.2 Å². The Morgan fingerprint density at radius 1 is 1.32 bits per heavy atom. The number of nitrogens with one attached hydrogen (secondary N) is 2. The van der Waals surface area contributed by atoms with Crippen LogP contribution < -0.4 is 5.32 Å². The number of anilines is 1. The van der Waals surface area contributed by atoms with Gasteiger partial charge in [-0.15, -0.1) is 0 Å². The SMILES string of the molecule is Cc1cnc2[nH]c(C(=O)N(C)[C@@H](CC3CC3)C(=O)N3C[C@]4(C[C@H]3C#N)C(=O)Nc3ccc(Cl)cc34)cc2c1. The Kier molecular flexibility index (Phi) is 5.69. The molecule has 0 bridgehead atoms. The zero-order valence-electron chi connectivity index (χ0n) is 21.1. The predicted molar refractivity (Wildman–Crippen MR) is 142 cm³/mol. The van der Waals surface area contributed by atoms with Gasteiger partial charge in [-0.05, 0) is 60.7 Å². The molecule has 1 aromatic carbocycles. The highest BCUT2D eigenvalue weighted by molar-refractivity contribution is 6.31. The summed E-state index contributed by atoms with van der Waals surface area (Å²) < 4.78 is 0. The van der Waals surface area contributed by atoms with Crippen LogP contribution in [0.15, 0.2) is 36.5 Å². The van der Waals surface area contributed by atoms with E-state index in [9.17, 15) is 19.6 Å². The van der Waals surface area contributed by atoms with Crippen LogP contribution in [0.5, 0.6) is 0 Å². The first-order valence-electron chi connectivity index (χ1n) is 12.7. The van der Waals surface area contributed by atoms with Crippen molar-refractivity contribution in [2.45, 2.75) is 50.1 Å². The number of aromatic amines is 1. The molecule has 194 valence electrons. The molecule has 9 nitrogen and oxygen atoms in total. The van der Waals surface area contributed by atoms with Gasteiger partial charge in [0.1, 0.15) is 23.4 Å². The molecule has 2 fully saturated rings. The molecule has 10 heteroatoms. The van der Waals surface area contributed by atoms with Crippen molar-refractivity contribution >= 4 is 46.0 Å². The van der Waals surface area contributed by atoms with Gasteiger partial charge in [0.2, 0.25) is 11.8 Å². The Morgan fingerprint density at radius 2 is 2.11 bits per heavy atom. The molecule has 2 aliphatic heterocycles. The van der Waals surface area contributed by atoms with E-state index in [1.54, 1.807) is 37.5 Å². The number of hydrogen-bond acceptors (Lipinski definition) is 5. The van der Waals surface area contributed by atoms with Crippen molar-refractivity contribution < 1.29 is 14.4 Å². The molecule has 0 unspecified atom stereocenters. The molecule has 3 atom stereocenters. The summed E-state index contributed by atoms with van der Waals surface area (Å²) in [5.41, 5.74) is 2.24. The van der Waals surface area contributed by atoms with Crippen LogP contribution in [-0.2, 0) is 15.0 Å². The predicted octanol–water partition coefficient (Wildman–Crippen LogP) is 3.78. The van der Waals surface area contributed by atoms with Crippen molar-refractivity contribution in [1.82, 2.24) is 19.8 Å². The zero-order valence-corrected chi connectivity index (χ0v) is 21.9. The number of carbonyl (C=O) groups is 3. The number of benzene rings is 1. The Bertz CT molecular complexity index is 1540. The molecule has 2 aromatic heterocycles. The van der Waals surface area contributed by atoms with E-state index in [1.165, 1.54) is 9.80 Å². The van der Waals surface area contributed by atoms with E-state index >= 15 is 0 Å². The van der Waals surface area contributed by atoms with E-state index in [4.69, 9.17) is 11.6 Å². The first-order valence-corrected chi connectivity index (χ1v) is 13.1. The van der Waals surface area contributed by atoms with Crippen LogP contribution >= 0.6 is 11.6 Å². The van der Waals surface area contributed by atoms with Gasteiger partial charge in [0.05, 0.1) is 11.5 Å².